The van der Waals surface area contributed by atoms with Gasteiger partial charge in [0.15, 0.2) is 0 Å². The SMILES string of the molecule is C=CCN.O=C(O)C(F)(F)F. The minimum atomic E-state index is -5.08. The van der Waals surface area contributed by atoms with Gasteiger partial charge in [-0.05, 0) is 0 Å². The zero-order chi connectivity index (χ0) is 9.49. The van der Waals surface area contributed by atoms with Crippen molar-refractivity contribution < 1.29 is 23.1 Å². The molecule has 0 radical (unpaired) electrons. The van der Waals surface area contributed by atoms with Crippen LogP contribution >= 0.6 is 0 Å². The molecule has 0 rings (SSSR count). The van der Waals surface area contributed by atoms with Gasteiger partial charge in [-0.25, -0.2) is 4.79 Å². The second-order valence-electron chi connectivity index (χ2n) is 1.33. The predicted octanol–water partition coefficient (Wildman–Crippen LogP) is 0.764. The Kier molecular flexibility index (Phi) is 6.57. The van der Waals surface area contributed by atoms with E-state index in [1.165, 1.54) is 0 Å². The minimum absolute atomic E-state index is 0.583. The lowest BCUT2D eigenvalue weighted by molar-refractivity contribution is -0.192. The van der Waals surface area contributed by atoms with Crippen molar-refractivity contribution in [1.29, 1.82) is 0 Å². The number of halogens is 3. The molecule has 0 unspecified atom stereocenters. The summed E-state index contributed by atoms with van der Waals surface area (Å²) in [6.07, 6.45) is -3.43. The monoisotopic (exact) mass is 171 g/mol. The van der Waals surface area contributed by atoms with Crippen molar-refractivity contribution in [3.63, 3.8) is 0 Å². The molecule has 3 nitrogen and oxygen atoms in total. The Morgan fingerprint density at radius 2 is 1.82 bits per heavy atom. The zero-order valence-corrected chi connectivity index (χ0v) is 5.56. The van der Waals surface area contributed by atoms with Gasteiger partial charge in [-0.2, -0.15) is 13.2 Å². The van der Waals surface area contributed by atoms with Crippen molar-refractivity contribution in [2.24, 2.45) is 5.73 Å². The number of carbonyl (C=O) groups is 1. The molecule has 11 heavy (non-hydrogen) atoms. The summed E-state index contributed by atoms with van der Waals surface area (Å²) in [6.45, 7) is 3.94. The Labute approximate surface area is 61.3 Å². The first-order chi connectivity index (χ1) is 4.86. The maximum absolute atomic E-state index is 10.6. The number of rotatable bonds is 1. The zero-order valence-electron chi connectivity index (χ0n) is 5.56. The highest BCUT2D eigenvalue weighted by Crippen LogP contribution is 2.13. The summed E-state index contributed by atoms with van der Waals surface area (Å²) in [5, 5.41) is 7.12. The first kappa shape index (κ1) is 12.6. The quantitative estimate of drug-likeness (QED) is 0.572. The van der Waals surface area contributed by atoms with Gasteiger partial charge in [0, 0.05) is 6.54 Å². The van der Waals surface area contributed by atoms with Gasteiger partial charge in [0.05, 0.1) is 0 Å². The summed E-state index contributed by atoms with van der Waals surface area (Å²) in [7, 11) is 0. The highest BCUT2D eigenvalue weighted by atomic mass is 19.4. The molecular formula is C5H8F3NO2. The van der Waals surface area contributed by atoms with Gasteiger partial charge in [-0.3, -0.25) is 0 Å². The highest BCUT2D eigenvalue weighted by Gasteiger charge is 2.38. The summed E-state index contributed by atoms with van der Waals surface area (Å²) in [4.78, 5) is 8.90. The third-order valence-electron chi connectivity index (χ3n) is 0.409. The van der Waals surface area contributed by atoms with Crippen LogP contribution in [-0.4, -0.2) is 23.8 Å². The van der Waals surface area contributed by atoms with Crippen LogP contribution in [0, 0.1) is 0 Å². The van der Waals surface area contributed by atoms with E-state index in [1.54, 1.807) is 6.08 Å². The van der Waals surface area contributed by atoms with E-state index in [-0.39, 0.29) is 0 Å². The summed E-state index contributed by atoms with van der Waals surface area (Å²) < 4.78 is 31.7. The first-order valence-electron chi connectivity index (χ1n) is 2.47. The molecule has 0 saturated carbocycles. The van der Waals surface area contributed by atoms with Crippen molar-refractivity contribution in [3.05, 3.63) is 12.7 Å². The average molecular weight is 171 g/mol. The fourth-order valence-corrected chi connectivity index (χ4v) is 0. The van der Waals surface area contributed by atoms with Gasteiger partial charge in [0.2, 0.25) is 0 Å². The second-order valence-corrected chi connectivity index (χ2v) is 1.33. The van der Waals surface area contributed by atoms with E-state index < -0.39 is 12.1 Å². The van der Waals surface area contributed by atoms with Gasteiger partial charge < -0.3 is 10.8 Å². The fraction of sp³-hybridized carbons (Fsp3) is 0.400. The minimum Gasteiger partial charge on any atom is -0.475 e. The molecule has 3 N–H and O–H groups in total. The molecule has 0 aliphatic rings. The summed E-state index contributed by atoms with van der Waals surface area (Å²) in [5.41, 5.74) is 4.91. The van der Waals surface area contributed by atoms with E-state index in [4.69, 9.17) is 15.6 Å². The number of carboxylic acids is 1. The number of hydrogen-bond acceptors (Lipinski definition) is 2. The molecule has 0 aromatic rings. The van der Waals surface area contributed by atoms with Crippen molar-refractivity contribution in [2.45, 2.75) is 6.18 Å². The van der Waals surface area contributed by atoms with Crippen LogP contribution in [0.5, 0.6) is 0 Å². The van der Waals surface area contributed by atoms with E-state index in [9.17, 15) is 13.2 Å². The van der Waals surface area contributed by atoms with Crippen molar-refractivity contribution >= 4 is 5.97 Å². The molecule has 66 valence electrons. The molecular weight excluding hydrogens is 163 g/mol. The standard InChI is InChI=1S/C3H7N.C2HF3O2/c1-2-3-4;3-2(4,5)1(6)7/h2H,1,3-4H2;(H,6,7). The maximum Gasteiger partial charge on any atom is 0.490 e. The molecule has 6 heteroatoms. The van der Waals surface area contributed by atoms with Crippen LogP contribution in [0.3, 0.4) is 0 Å². The molecule has 0 atom stereocenters. The molecule has 0 aromatic carbocycles. The van der Waals surface area contributed by atoms with Gasteiger partial charge >= 0.3 is 12.1 Å². The summed E-state index contributed by atoms with van der Waals surface area (Å²) in [6, 6.07) is 0. The van der Waals surface area contributed by atoms with Crippen LogP contribution in [0.2, 0.25) is 0 Å². The molecule has 0 spiro atoms. The van der Waals surface area contributed by atoms with Gasteiger partial charge in [-0.1, -0.05) is 6.08 Å². The molecule has 0 heterocycles. The number of carboxylic acid groups (broad SMARTS) is 1. The summed E-state index contributed by atoms with van der Waals surface area (Å²) in [5.74, 6) is -2.76. The van der Waals surface area contributed by atoms with Crippen LogP contribution in [0.1, 0.15) is 0 Å². The Bertz CT molecular complexity index is 132. The third kappa shape index (κ3) is 12.2. The van der Waals surface area contributed by atoms with Gasteiger partial charge in [0.1, 0.15) is 0 Å². The van der Waals surface area contributed by atoms with Crippen LogP contribution in [0.15, 0.2) is 12.7 Å². The van der Waals surface area contributed by atoms with Crippen LogP contribution in [-0.2, 0) is 4.79 Å². The van der Waals surface area contributed by atoms with E-state index in [1.807, 2.05) is 0 Å². The van der Waals surface area contributed by atoms with E-state index in [0.29, 0.717) is 6.54 Å². The molecule has 0 saturated heterocycles. The van der Waals surface area contributed by atoms with Gasteiger partial charge in [-0.15, -0.1) is 6.58 Å². The normalized spacial score (nSPS) is 9.45. The molecule has 0 fully saturated rings. The maximum atomic E-state index is 10.6. The van der Waals surface area contributed by atoms with Crippen molar-refractivity contribution in [1.82, 2.24) is 0 Å². The Balaban J connectivity index is 0. The highest BCUT2D eigenvalue weighted by molar-refractivity contribution is 5.73. The number of nitrogens with two attached hydrogens (primary N) is 1. The lowest BCUT2D eigenvalue weighted by atomic mass is 10.7. The molecule has 0 bridgehead atoms. The van der Waals surface area contributed by atoms with Gasteiger partial charge in [0.25, 0.3) is 0 Å². The Morgan fingerprint density at radius 1 is 1.64 bits per heavy atom. The third-order valence-corrected chi connectivity index (χ3v) is 0.409. The number of hydrogen-bond donors (Lipinski definition) is 2. The summed E-state index contributed by atoms with van der Waals surface area (Å²) >= 11 is 0. The second kappa shape index (κ2) is 5.72. The molecule has 0 aliphatic heterocycles. The van der Waals surface area contributed by atoms with Crippen LogP contribution < -0.4 is 5.73 Å². The van der Waals surface area contributed by atoms with E-state index >= 15 is 0 Å². The fourth-order valence-electron chi connectivity index (χ4n) is 0. The molecule has 0 aliphatic carbocycles. The van der Waals surface area contributed by atoms with Crippen LogP contribution in [0.4, 0.5) is 13.2 Å². The Hall–Kier alpha value is -1.04. The molecule has 0 aromatic heterocycles. The van der Waals surface area contributed by atoms with E-state index in [2.05, 4.69) is 6.58 Å². The largest absolute Gasteiger partial charge is 0.490 e. The molecule has 0 amide bonds. The average Bonchev–Trinajstić information content (AvgIpc) is 1.87. The number of alkyl halides is 3. The number of aliphatic carboxylic acids is 1. The predicted molar refractivity (Wildman–Crippen MR) is 32.9 cm³/mol. The topological polar surface area (TPSA) is 63.3 Å². The van der Waals surface area contributed by atoms with Crippen molar-refractivity contribution in [2.75, 3.05) is 6.54 Å². The smallest absolute Gasteiger partial charge is 0.475 e. The van der Waals surface area contributed by atoms with E-state index in [0.717, 1.165) is 0 Å². The van der Waals surface area contributed by atoms with Crippen molar-refractivity contribution in [3.8, 4) is 0 Å². The lowest BCUT2D eigenvalue weighted by Crippen LogP contribution is -2.21. The Morgan fingerprint density at radius 3 is 1.82 bits per heavy atom. The first-order valence-corrected chi connectivity index (χ1v) is 2.47. The van der Waals surface area contributed by atoms with Crippen LogP contribution in [0.25, 0.3) is 0 Å². The lowest BCUT2D eigenvalue weighted by Gasteiger charge is -1.93.